The van der Waals surface area contributed by atoms with E-state index in [2.05, 4.69) is 20.1 Å². The van der Waals surface area contributed by atoms with Gasteiger partial charge in [-0.1, -0.05) is 11.8 Å². The molecule has 0 unspecified atom stereocenters. The lowest BCUT2D eigenvalue weighted by molar-refractivity contribution is 0.102. The first kappa shape index (κ1) is 19.4. The van der Waals surface area contributed by atoms with E-state index in [-0.39, 0.29) is 11.5 Å². The fraction of sp³-hybridized carbons (Fsp3) is 0.444. The fourth-order valence-electron chi connectivity index (χ4n) is 2.95. The summed E-state index contributed by atoms with van der Waals surface area (Å²) in [7, 11) is 1.70. The van der Waals surface area contributed by atoms with Crippen LogP contribution in [0.2, 0.25) is 0 Å². The number of methoxy groups -OCH3 is 1. The molecule has 3 aromatic heterocycles. The van der Waals surface area contributed by atoms with Gasteiger partial charge in [0, 0.05) is 37.2 Å². The number of hydrogen-bond acceptors (Lipinski definition) is 7. The van der Waals surface area contributed by atoms with Gasteiger partial charge < -0.3 is 13.7 Å². The van der Waals surface area contributed by atoms with E-state index in [0.717, 1.165) is 35.7 Å². The molecule has 3 rings (SSSR count). The van der Waals surface area contributed by atoms with Crippen molar-refractivity contribution < 1.29 is 13.9 Å². The first-order chi connectivity index (χ1) is 13.1. The molecule has 0 bridgehead atoms. The van der Waals surface area contributed by atoms with Gasteiger partial charge in [0.05, 0.1) is 12.0 Å². The molecule has 0 saturated carbocycles. The average molecular weight is 389 g/mol. The fourth-order valence-corrected chi connectivity index (χ4v) is 3.71. The van der Waals surface area contributed by atoms with Gasteiger partial charge in [-0.25, -0.2) is 4.68 Å². The molecule has 0 radical (unpaired) electrons. The van der Waals surface area contributed by atoms with Gasteiger partial charge in [-0.15, -0.1) is 5.10 Å². The number of tetrazole rings is 1. The first-order valence-electron chi connectivity index (χ1n) is 8.70. The predicted molar refractivity (Wildman–Crippen MR) is 101 cm³/mol. The largest absolute Gasteiger partial charge is 0.467 e. The van der Waals surface area contributed by atoms with E-state index in [1.54, 1.807) is 18.1 Å². The van der Waals surface area contributed by atoms with Crippen molar-refractivity contribution in [1.29, 1.82) is 0 Å². The molecular weight excluding hydrogens is 366 g/mol. The second-order valence-corrected chi connectivity index (χ2v) is 7.14. The zero-order valence-corrected chi connectivity index (χ0v) is 16.5. The third kappa shape index (κ3) is 4.67. The Kier molecular flexibility index (Phi) is 6.46. The Hall–Kier alpha value is -2.39. The summed E-state index contributed by atoms with van der Waals surface area (Å²) < 4.78 is 14.2. The van der Waals surface area contributed by atoms with Crippen LogP contribution in [0.1, 0.15) is 33.9 Å². The maximum absolute atomic E-state index is 12.7. The maximum atomic E-state index is 12.7. The van der Waals surface area contributed by atoms with Crippen molar-refractivity contribution in [2.24, 2.45) is 0 Å². The van der Waals surface area contributed by atoms with E-state index >= 15 is 0 Å². The first-order valence-corrected chi connectivity index (χ1v) is 9.69. The third-order valence-electron chi connectivity index (χ3n) is 4.32. The minimum Gasteiger partial charge on any atom is -0.467 e. The molecule has 0 fully saturated rings. The molecule has 9 heteroatoms. The lowest BCUT2D eigenvalue weighted by Gasteiger charge is -2.09. The van der Waals surface area contributed by atoms with Crippen LogP contribution >= 0.6 is 11.8 Å². The van der Waals surface area contributed by atoms with Crippen LogP contribution in [-0.4, -0.2) is 50.0 Å². The molecule has 0 saturated heterocycles. The van der Waals surface area contributed by atoms with Gasteiger partial charge in [0.25, 0.3) is 0 Å². The van der Waals surface area contributed by atoms with Gasteiger partial charge in [-0.2, -0.15) is 0 Å². The summed E-state index contributed by atoms with van der Waals surface area (Å²) in [6.07, 6.45) is 2.52. The van der Waals surface area contributed by atoms with E-state index in [0.29, 0.717) is 18.3 Å². The molecule has 0 N–H and O–H groups in total. The van der Waals surface area contributed by atoms with Gasteiger partial charge >= 0.3 is 0 Å². The Labute approximate surface area is 161 Å². The van der Waals surface area contributed by atoms with E-state index in [1.807, 2.05) is 32.0 Å². The number of rotatable bonds is 10. The van der Waals surface area contributed by atoms with Crippen molar-refractivity contribution in [2.45, 2.75) is 38.5 Å². The summed E-state index contributed by atoms with van der Waals surface area (Å²) >= 11 is 1.33. The second-order valence-electron chi connectivity index (χ2n) is 6.19. The monoisotopic (exact) mass is 389 g/mol. The van der Waals surface area contributed by atoms with Crippen LogP contribution in [0.25, 0.3) is 0 Å². The number of carbonyl (C=O) groups excluding carboxylic acids is 1. The standard InChI is InChI=1S/C18H23N5O3S/c1-13-10-16(14(2)22(13)7-5-8-25-3)17(24)12-27-18-19-20-21-23(18)11-15-6-4-9-26-15/h4,6,9-10H,5,7-8,11-12H2,1-3H3. The zero-order valence-electron chi connectivity index (χ0n) is 15.7. The summed E-state index contributed by atoms with van der Waals surface area (Å²) in [5, 5.41) is 12.3. The van der Waals surface area contributed by atoms with Gasteiger partial charge in [0.1, 0.15) is 12.3 Å². The van der Waals surface area contributed by atoms with Gasteiger partial charge in [0.2, 0.25) is 5.16 Å². The van der Waals surface area contributed by atoms with Crippen LogP contribution in [0.3, 0.4) is 0 Å². The van der Waals surface area contributed by atoms with E-state index in [1.165, 1.54) is 11.8 Å². The van der Waals surface area contributed by atoms with Crippen molar-refractivity contribution >= 4 is 17.5 Å². The summed E-state index contributed by atoms with van der Waals surface area (Å²) in [5.41, 5.74) is 2.83. The van der Waals surface area contributed by atoms with Crippen LogP contribution in [0.4, 0.5) is 0 Å². The smallest absolute Gasteiger partial charge is 0.210 e. The molecule has 8 nitrogen and oxygen atoms in total. The zero-order chi connectivity index (χ0) is 19.2. The number of carbonyl (C=O) groups is 1. The van der Waals surface area contributed by atoms with E-state index in [9.17, 15) is 4.79 Å². The number of aromatic nitrogens is 5. The van der Waals surface area contributed by atoms with Crippen LogP contribution in [0, 0.1) is 13.8 Å². The van der Waals surface area contributed by atoms with Crippen LogP contribution in [0.5, 0.6) is 0 Å². The van der Waals surface area contributed by atoms with Gasteiger partial charge in [0.15, 0.2) is 5.78 Å². The minimum absolute atomic E-state index is 0.0682. The summed E-state index contributed by atoms with van der Waals surface area (Å²) in [4.78, 5) is 12.7. The molecule has 0 aliphatic heterocycles. The number of furan rings is 1. The van der Waals surface area contributed by atoms with Crippen molar-refractivity contribution in [3.05, 3.63) is 47.2 Å². The molecular formula is C18H23N5O3S. The maximum Gasteiger partial charge on any atom is 0.210 e. The lowest BCUT2D eigenvalue weighted by Crippen LogP contribution is -2.09. The Balaban J connectivity index is 1.63. The Bertz CT molecular complexity index is 885. The molecule has 0 spiro atoms. The third-order valence-corrected chi connectivity index (χ3v) is 5.28. The molecule has 3 heterocycles. The second kappa shape index (κ2) is 9.01. The number of thioether (sulfide) groups is 1. The number of hydrogen-bond donors (Lipinski definition) is 0. The topological polar surface area (TPSA) is 88.0 Å². The normalized spacial score (nSPS) is 11.2. The quantitative estimate of drug-likeness (QED) is 0.299. The van der Waals surface area contributed by atoms with Crippen molar-refractivity contribution in [1.82, 2.24) is 24.8 Å². The number of Topliss-reactive ketones (excluding diaryl/α,β-unsaturated/α-hetero) is 1. The summed E-state index contributed by atoms with van der Waals surface area (Å²) in [6.45, 7) is 5.98. The van der Waals surface area contributed by atoms with Crippen LogP contribution in [0.15, 0.2) is 34.0 Å². The predicted octanol–water partition coefficient (Wildman–Crippen LogP) is 2.74. The van der Waals surface area contributed by atoms with Crippen LogP contribution in [-0.2, 0) is 17.8 Å². The summed E-state index contributed by atoms with van der Waals surface area (Å²) in [6, 6.07) is 5.63. The summed E-state index contributed by atoms with van der Waals surface area (Å²) in [5.74, 6) is 1.11. The number of nitrogens with zero attached hydrogens (tertiary/aromatic N) is 5. The highest BCUT2D eigenvalue weighted by molar-refractivity contribution is 7.99. The molecule has 0 amide bonds. The molecule has 144 valence electrons. The van der Waals surface area contributed by atoms with E-state index in [4.69, 9.17) is 9.15 Å². The highest BCUT2D eigenvalue weighted by Gasteiger charge is 2.17. The van der Waals surface area contributed by atoms with Gasteiger partial charge in [-0.05, 0) is 48.9 Å². The highest BCUT2D eigenvalue weighted by Crippen LogP contribution is 2.21. The molecule has 27 heavy (non-hydrogen) atoms. The number of ether oxygens (including phenoxy) is 1. The molecule has 0 aliphatic rings. The van der Waals surface area contributed by atoms with Crippen molar-refractivity contribution in [3.8, 4) is 0 Å². The Morgan fingerprint density at radius 2 is 2.22 bits per heavy atom. The molecule has 3 aromatic rings. The van der Waals surface area contributed by atoms with Crippen molar-refractivity contribution in [3.63, 3.8) is 0 Å². The molecule has 0 atom stereocenters. The molecule has 0 aromatic carbocycles. The average Bonchev–Trinajstić information content (AvgIpc) is 3.38. The lowest BCUT2D eigenvalue weighted by atomic mass is 10.2. The number of ketones is 1. The van der Waals surface area contributed by atoms with E-state index < -0.39 is 0 Å². The highest BCUT2D eigenvalue weighted by atomic mass is 32.2. The van der Waals surface area contributed by atoms with Gasteiger partial charge in [-0.3, -0.25) is 4.79 Å². The number of aryl methyl sites for hydroxylation is 1. The van der Waals surface area contributed by atoms with Crippen LogP contribution < -0.4 is 0 Å². The SMILES string of the molecule is COCCCn1c(C)cc(C(=O)CSc2nnnn2Cc2ccco2)c1C. The Morgan fingerprint density at radius 1 is 1.37 bits per heavy atom. The molecule has 0 aliphatic carbocycles. The minimum atomic E-state index is 0.0682. The van der Waals surface area contributed by atoms with Crippen molar-refractivity contribution in [2.75, 3.05) is 19.5 Å². The Morgan fingerprint density at radius 3 is 2.96 bits per heavy atom.